The van der Waals surface area contributed by atoms with Crippen molar-refractivity contribution in [1.29, 1.82) is 0 Å². The SMILES string of the molecule is CCOC(=O)c1ccncc1NC(=O)C=Cc1c(C)nn(-c2ccccc2)c1C. The van der Waals surface area contributed by atoms with Crippen LogP contribution in [0.4, 0.5) is 5.69 Å². The van der Waals surface area contributed by atoms with Gasteiger partial charge in [0.25, 0.3) is 0 Å². The average molecular weight is 390 g/mol. The highest BCUT2D eigenvalue weighted by atomic mass is 16.5. The lowest BCUT2D eigenvalue weighted by molar-refractivity contribution is -0.111. The average Bonchev–Trinajstić information content (AvgIpc) is 3.01. The van der Waals surface area contributed by atoms with Crippen LogP contribution in [0.5, 0.6) is 0 Å². The van der Waals surface area contributed by atoms with E-state index >= 15 is 0 Å². The second-order valence-electron chi connectivity index (χ2n) is 6.30. The first-order chi connectivity index (χ1) is 14.0. The van der Waals surface area contributed by atoms with Crippen molar-refractivity contribution < 1.29 is 14.3 Å². The Kier molecular flexibility index (Phi) is 6.19. The van der Waals surface area contributed by atoms with E-state index < -0.39 is 5.97 Å². The number of rotatable bonds is 6. The number of para-hydroxylation sites is 1. The van der Waals surface area contributed by atoms with Gasteiger partial charge in [-0.15, -0.1) is 0 Å². The third-order valence-corrected chi connectivity index (χ3v) is 4.32. The molecule has 0 aliphatic carbocycles. The summed E-state index contributed by atoms with van der Waals surface area (Å²) in [7, 11) is 0. The number of ether oxygens (including phenoxy) is 1. The molecule has 0 bridgehead atoms. The largest absolute Gasteiger partial charge is 0.462 e. The van der Waals surface area contributed by atoms with Gasteiger partial charge in [-0.1, -0.05) is 18.2 Å². The summed E-state index contributed by atoms with van der Waals surface area (Å²) in [6.07, 6.45) is 6.02. The van der Waals surface area contributed by atoms with E-state index in [1.54, 1.807) is 13.0 Å². The van der Waals surface area contributed by atoms with Crippen LogP contribution in [0.25, 0.3) is 11.8 Å². The van der Waals surface area contributed by atoms with Crippen molar-refractivity contribution in [2.75, 3.05) is 11.9 Å². The summed E-state index contributed by atoms with van der Waals surface area (Å²) in [6.45, 7) is 5.81. The molecule has 2 aromatic heterocycles. The van der Waals surface area contributed by atoms with Crippen molar-refractivity contribution in [3.05, 3.63) is 77.4 Å². The standard InChI is InChI=1S/C22H22N4O3/c1-4-29-22(28)19-12-13-23-14-20(19)24-21(27)11-10-18-15(2)25-26(16(18)3)17-8-6-5-7-9-17/h5-14H,4H2,1-3H3,(H,24,27). The Morgan fingerprint density at radius 1 is 1.17 bits per heavy atom. The number of hydrogen-bond acceptors (Lipinski definition) is 5. The normalized spacial score (nSPS) is 10.9. The number of amides is 1. The second kappa shape index (κ2) is 8.97. The maximum Gasteiger partial charge on any atom is 0.340 e. The Labute approximate surface area is 169 Å². The zero-order valence-electron chi connectivity index (χ0n) is 16.5. The minimum Gasteiger partial charge on any atom is -0.462 e. The molecule has 1 amide bonds. The lowest BCUT2D eigenvalue weighted by atomic mass is 10.1. The van der Waals surface area contributed by atoms with E-state index in [4.69, 9.17) is 4.74 Å². The van der Waals surface area contributed by atoms with E-state index in [1.807, 2.05) is 48.9 Å². The summed E-state index contributed by atoms with van der Waals surface area (Å²) >= 11 is 0. The van der Waals surface area contributed by atoms with Crippen molar-refractivity contribution in [3.8, 4) is 5.69 Å². The molecule has 0 aliphatic heterocycles. The highest BCUT2D eigenvalue weighted by molar-refractivity contribution is 6.06. The van der Waals surface area contributed by atoms with Crippen LogP contribution in [0.15, 0.2) is 54.9 Å². The number of aryl methyl sites for hydroxylation is 1. The van der Waals surface area contributed by atoms with Crippen LogP contribution in [0.3, 0.4) is 0 Å². The molecule has 0 radical (unpaired) electrons. The van der Waals surface area contributed by atoms with Gasteiger partial charge in [-0.05, 0) is 45.0 Å². The van der Waals surface area contributed by atoms with Gasteiger partial charge < -0.3 is 10.1 Å². The van der Waals surface area contributed by atoms with Gasteiger partial charge in [-0.3, -0.25) is 9.78 Å². The van der Waals surface area contributed by atoms with Gasteiger partial charge in [0.15, 0.2) is 0 Å². The van der Waals surface area contributed by atoms with Gasteiger partial charge in [-0.25, -0.2) is 9.48 Å². The summed E-state index contributed by atoms with van der Waals surface area (Å²) in [5.74, 6) is -0.889. The van der Waals surface area contributed by atoms with E-state index in [-0.39, 0.29) is 18.1 Å². The minimum absolute atomic E-state index is 0.248. The number of nitrogens with one attached hydrogen (secondary N) is 1. The first-order valence-corrected chi connectivity index (χ1v) is 9.23. The second-order valence-corrected chi connectivity index (χ2v) is 6.30. The van der Waals surface area contributed by atoms with Crippen LogP contribution in [-0.2, 0) is 9.53 Å². The number of hydrogen-bond donors (Lipinski definition) is 1. The van der Waals surface area contributed by atoms with Crippen LogP contribution in [0, 0.1) is 13.8 Å². The van der Waals surface area contributed by atoms with E-state index in [9.17, 15) is 9.59 Å². The predicted molar refractivity (Wildman–Crippen MR) is 111 cm³/mol. The zero-order valence-corrected chi connectivity index (χ0v) is 16.5. The molecular formula is C22H22N4O3. The van der Waals surface area contributed by atoms with Crippen molar-refractivity contribution in [2.45, 2.75) is 20.8 Å². The smallest absolute Gasteiger partial charge is 0.340 e. The highest BCUT2D eigenvalue weighted by Crippen LogP contribution is 2.20. The number of pyridine rings is 1. The number of benzene rings is 1. The predicted octanol–water partition coefficient (Wildman–Crippen LogP) is 3.71. The zero-order chi connectivity index (χ0) is 20.8. The Bertz CT molecular complexity index is 1060. The Hall–Kier alpha value is -3.74. The van der Waals surface area contributed by atoms with Crippen LogP contribution >= 0.6 is 0 Å². The van der Waals surface area contributed by atoms with Crippen molar-refractivity contribution in [1.82, 2.24) is 14.8 Å². The molecule has 29 heavy (non-hydrogen) atoms. The number of aromatic nitrogens is 3. The van der Waals surface area contributed by atoms with E-state index in [1.165, 1.54) is 24.5 Å². The third kappa shape index (κ3) is 4.57. The number of anilines is 1. The lowest BCUT2D eigenvalue weighted by Crippen LogP contribution is -2.14. The Morgan fingerprint density at radius 2 is 1.93 bits per heavy atom. The van der Waals surface area contributed by atoms with Gasteiger partial charge in [0.1, 0.15) is 0 Å². The minimum atomic E-state index is -0.509. The molecule has 2 heterocycles. The summed E-state index contributed by atoms with van der Waals surface area (Å²) in [5.41, 5.74) is 4.10. The summed E-state index contributed by atoms with van der Waals surface area (Å²) in [4.78, 5) is 28.4. The molecule has 0 aliphatic rings. The molecule has 3 rings (SSSR count). The topological polar surface area (TPSA) is 86.1 Å². The summed E-state index contributed by atoms with van der Waals surface area (Å²) in [5, 5.41) is 7.24. The fourth-order valence-corrected chi connectivity index (χ4v) is 2.93. The van der Waals surface area contributed by atoms with Crippen molar-refractivity contribution in [2.24, 2.45) is 0 Å². The molecule has 1 aromatic carbocycles. The van der Waals surface area contributed by atoms with E-state index in [0.717, 1.165) is 22.6 Å². The number of esters is 1. The monoisotopic (exact) mass is 390 g/mol. The fourth-order valence-electron chi connectivity index (χ4n) is 2.93. The summed E-state index contributed by atoms with van der Waals surface area (Å²) < 4.78 is 6.85. The van der Waals surface area contributed by atoms with Crippen LogP contribution in [0.2, 0.25) is 0 Å². The molecule has 7 nitrogen and oxygen atoms in total. The van der Waals surface area contributed by atoms with Gasteiger partial charge in [0.05, 0.1) is 35.4 Å². The van der Waals surface area contributed by atoms with Gasteiger partial charge in [0.2, 0.25) is 5.91 Å². The van der Waals surface area contributed by atoms with E-state index in [0.29, 0.717) is 5.69 Å². The Morgan fingerprint density at radius 3 is 2.66 bits per heavy atom. The molecule has 148 valence electrons. The third-order valence-electron chi connectivity index (χ3n) is 4.32. The van der Waals surface area contributed by atoms with E-state index in [2.05, 4.69) is 15.4 Å². The van der Waals surface area contributed by atoms with Crippen molar-refractivity contribution >= 4 is 23.6 Å². The summed E-state index contributed by atoms with van der Waals surface area (Å²) in [6, 6.07) is 11.3. The quantitative estimate of drug-likeness (QED) is 0.512. The molecule has 0 spiro atoms. The number of nitrogens with zero attached hydrogens (tertiary/aromatic N) is 3. The molecule has 3 aromatic rings. The first-order valence-electron chi connectivity index (χ1n) is 9.23. The maximum absolute atomic E-state index is 12.4. The number of carbonyl (C=O) groups excluding carboxylic acids is 2. The molecular weight excluding hydrogens is 368 g/mol. The highest BCUT2D eigenvalue weighted by Gasteiger charge is 2.14. The van der Waals surface area contributed by atoms with Gasteiger partial charge in [0, 0.05) is 23.5 Å². The first kappa shape index (κ1) is 20.0. The Balaban J connectivity index is 1.79. The molecule has 0 unspecified atom stereocenters. The molecule has 0 saturated carbocycles. The van der Waals surface area contributed by atoms with Crippen LogP contribution in [0.1, 0.15) is 34.2 Å². The van der Waals surface area contributed by atoms with Crippen molar-refractivity contribution in [3.63, 3.8) is 0 Å². The van der Waals surface area contributed by atoms with Gasteiger partial charge >= 0.3 is 5.97 Å². The molecule has 0 atom stereocenters. The molecule has 1 N–H and O–H groups in total. The fraction of sp³-hybridized carbons (Fsp3) is 0.182. The van der Waals surface area contributed by atoms with Crippen LogP contribution in [-0.4, -0.2) is 33.2 Å². The molecule has 7 heteroatoms. The maximum atomic E-state index is 12.4. The molecule has 0 fully saturated rings. The lowest BCUT2D eigenvalue weighted by Gasteiger charge is -2.08. The number of carbonyl (C=O) groups is 2. The van der Waals surface area contributed by atoms with Crippen LogP contribution < -0.4 is 5.32 Å². The molecule has 0 saturated heterocycles. The van der Waals surface area contributed by atoms with Gasteiger partial charge in [-0.2, -0.15) is 5.10 Å².